The minimum atomic E-state index is -0.181. The van der Waals surface area contributed by atoms with Gasteiger partial charge in [0.1, 0.15) is 0 Å². The standard InChI is InChI=1S/C12H11ClN2OS/c1-8(2)12(16)14-6-9-3-4-10(13)11(5-9)15-7-17/h3-5H,1,6H2,2H3,(H,14,16). The summed E-state index contributed by atoms with van der Waals surface area (Å²) in [5.41, 5.74) is 1.90. The largest absolute Gasteiger partial charge is 0.348 e. The van der Waals surface area contributed by atoms with Gasteiger partial charge in [0.25, 0.3) is 0 Å². The number of halogens is 1. The molecule has 0 saturated carbocycles. The van der Waals surface area contributed by atoms with Gasteiger partial charge in [0.2, 0.25) is 5.91 Å². The van der Waals surface area contributed by atoms with Crippen molar-refractivity contribution in [1.82, 2.24) is 5.32 Å². The molecule has 0 unspecified atom stereocenters. The topological polar surface area (TPSA) is 41.5 Å². The molecule has 0 aliphatic heterocycles. The molecule has 0 heterocycles. The van der Waals surface area contributed by atoms with Crippen molar-refractivity contribution in [3.05, 3.63) is 40.9 Å². The highest BCUT2D eigenvalue weighted by atomic mass is 35.5. The molecule has 1 N–H and O–H groups in total. The fraction of sp³-hybridized carbons (Fsp3) is 0.167. The first-order chi connectivity index (χ1) is 8.04. The lowest BCUT2D eigenvalue weighted by atomic mass is 10.2. The number of rotatable bonds is 4. The number of nitrogens with one attached hydrogen (secondary N) is 1. The minimum Gasteiger partial charge on any atom is -0.348 e. The first-order valence-electron chi connectivity index (χ1n) is 4.84. The van der Waals surface area contributed by atoms with Crippen LogP contribution in [0.5, 0.6) is 0 Å². The molecule has 0 radical (unpaired) electrons. The highest BCUT2D eigenvalue weighted by molar-refractivity contribution is 7.78. The normalized spacial score (nSPS) is 9.29. The third kappa shape index (κ3) is 4.11. The van der Waals surface area contributed by atoms with Crippen molar-refractivity contribution in [1.29, 1.82) is 0 Å². The summed E-state index contributed by atoms with van der Waals surface area (Å²) in [4.78, 5) is 15.1. The molecule has 0 bridgehead atoms. The number of nitrogens with zero attached hydrogens (tertiary/aromatic N) is 1. The first-order valence-corrected chi connectivity index (χ1v) is 5.63. The van der Waals surface area contributed by atoms with Gasteiger partial charge in [-0.1, -0.05) is 24.2 Å². The van der Waals surface area contributed by atoms with E-state index in [2.05, 4.69) is 34.3 Å². The fourth-order valence-corrected chi connectivity index (χ4v) is 1.39. The second kappa shape index (κ2) is 6.30. The molecule has 0 aliphatic carbocycles. The number of carbonyl (C=O) groups excluding carboxylic acids is 1. The van der Waals surface area contributed by atoms with Crippen LogP contribution in [-0.2, 0) is 11.3 Å². The third-order valence-corrected chi connectivity index (χ3v) is 2.43. The Labute approximate surface area is 110 Å². The molecule has 0 spiro atoms. The molecule has 1 aromatic carbocycles. The number of amides is 1. The molecule has 1 rings (SSSR count). The zero-order valence-corrected chi connectivity index (χ0v) is 10.9. The van der Waals surface area contributed by atoms with Crippen LogP contribution in [0.4, 0.5) is 5.69 Å². The maximum absolute atomic E-state index is 11.3. The van der Waals surface area contributed by atoms with Crippen molar-refractivity contribution < 1.29 is 4.79 Å². The molecule has 88 valence electrons. The van der Waals surface area contributed by atoms with E-state index in [4.69, 9.17) is 11.6 Å². The van der Waals surface area contributed by atoms with Crippen LogP contribution in [0.15, 0.2) is 35.3 Å². The van der Waals surface area contributed by atoms with Gasteiger partial charge >= 0.3 is 0 Å². The lowest BCUT2D eigenvalue weighted by molar-refractivity contribution is -0.117. The van der Waals surface area contributed by atoms with Crippen LogP contribution in [-0.4, -0.2) is 11.1 Å². The first kappa shape index (κ1) is 13.6. The van der Waals surface area contributed by atoms with Gasteiger partial charge in [-0.3, -0.25) is 4.79 Å². The summed E-state index contributed by atoms with van der Waals surface area (Å²) in [7, 11) is 0. The monoisotopic (exact) mass is 266 g/mol. The Hall–Kier alpha value is -1.48. The van der Waals surface area contributed by atoms with Crippen LogP contribution < -0.4 is 5.32 Å². The van der Waals surface area contributed by atoms with Crippen molar-refractivity contribution in [2.45, 2.75) is 13.5 Å². The van der Waals surface area contributed by atoms with E-state index in [1.165, 1.54) is 0 Å². The second-order valence-electron chi connectivity index (χ2n) is 3.45. The fourth-order valence-electron chi connectivity index (χ4n) is 1.14. The Morgan fingerprint density at radius 2 is 2.35 bits per heavy atom. The van der Waals surface area contributed by atoms with Crippen LogP contribution in [0.1, 0.15) is 12.5 Å². The molecule has 1 aromatic rings. The minimum absolute atomic E-state index is 0.181. The van der Waals surface area contributed by atoms with Gasteiger partial charge in [-0.05, 0) is 36.8 Å². The van der Waals surface area contributed by atoms with E-state index in [9.17, 15) is 4.79 Å². The summed E-state index contributed by atoms with van der Waals surface area (Å²) in [6.07, 6.45) is 0. The molecular weight excluding hydrogens is 256 g/mol. The van der Waals surface area contributed by atoms with Crippen molar-refractivity contribution in [2.24, 2.45) is 4.99 Å². The van der Waals surface area contributed by atoms with E-state index in [1.54, 1.807) is 19.1 Å². The highest BCUT2D eigenvalue weighted by Gasteiger charge is 2.03. The van der Waals surface area contributed by atoms with Gasteiger partial charge < -0.3 is 5.32 Å². The maximum atomic E-state index is 11.3. The van der Waals surface area contributed by atoms with Gasteiger partial charge in [-0.25, -0.2) is 0 Å². The number of benzene rings is 1. The van der Waals surface area contributed by atoms with Gasteiger partial charge in [-0.15, -0.1) is 0 Å². The zero-order valence-electron chi connectivity index (χ0n) is 9.29. The lowest BCUT2D eigenvalue weighted by Crippen LogP contribution is -2.22. The van der Waals surface area contributed by atoms with E-state index < -0.39 is 0 Å². The third-order valence-electron chi connectivity index (χ3n) is 2.02. The molecule has 3 nitrogen and oxygen atoms in total. The number of carbonyl (C=O) groups is 1. The molecule has 5 heteroatoms. The van der Waals surface area contributed by atoms with Crippen molar-refractivity contribution in [3.63, 3.8) is 0 Å². The molecular formula is C12H11ClN2OS. The summed E-state index contributed by atoms with van der Waals surface area (Å²) < 4.78 is 0. The van der Waals surface area contributed by atoms with Crippen LogP contribution in [0.3, 0.4) is 0 Å². The number of hydrogen-bond acceptors (Lipinski definition) is 3. The Kier molecular flexibility index (Phi) is 5.04. The van der Waals surface area contributed by atoms with Crippen molar-refractivity contribution >= 4 is 40.6 Å². The smallest absolute Gasteiger partial charge is 0.246 e. The van der Waals surface area contributed by atoms with Crippen LogP contribution in [0.25, 0.3) is 0 Å². The van der Waals surface area contributed by atoms with E-state index in [0.29, 0.717) is 22.8 Å². The summed E-state index contributed by atoms with van der Waals surface area (Å²) >= 11 is 10.4. The molecule has 0 fully saturated rings. The average molecular weight is 267 g/mol. The SMILES string of the molecule is C=C(C)C(=O)NCc1ccc(Cl)c(N=C=S)c1. The molecule has 0 aromatic heterocycles. The Morgan fingerprint density at radius 3 is 2.94 bits per heavy atom. The lowest BCUT2D eigenvalue weighted by Gasteiger charge is -2.06. The van der Waals surface area contributed by atoms with E-state index in [-0.39, 0.29) is 5.91 Å². The van der Waals surface area contributed by atoms with Gasteiger partial charge in [0.15, 0.2) is 0 Å². The maximum Gasteiger partial charge on any atom is 0.246 e. The van der Waals surface area contributed by atoms with E-state index in [0.717, 1.165) is 5.56 Å². The van der Waals surface area contributed by atoms with Crippen molar-refractivity contribution in [3.8, 4) is 0 Å². The average Bonchev–Trinajstić information content (AvgIpc) is 2.29. The molecule has 0 saturated heterocycles. The molecule has 0 aliphatic rings. The zero-order chi connectivity index (χ0) is 12.8. The van der Waals surface area contributed by atoms with E-state index >= 15 is 0 Å². The van der Waals surface area contributed by atoms with E-state index in [1.807, 2.05) is 6.07 Å². The number of isothiocyanates is 1. The Bertz CT molecular complexity index is 507. The summed E-state index contributed by atoms with van der Waals surface area (Å²) in [5, 5.41) is 5.47. The quantitative estimate of drug-likeness (QED) is 0.516. The van der Waals surface area contributed by atoms with Gasteiger partial charge in [0, 0.05) is 12.1 Å². The van der Waals surface area contributed by atoms with Gasteiger partial charge in [-0.2, -0.15) is 4.99 Å². The molecule has 0 atom stereocenters. The second-order valence-corrected chi connectivity index (χ2v) is 4.04. The van der Waals surface area contributed by atoms with Crippen LogP contribution in [0, 0.1) is 0 Å². The summed E-state index contributed by atoms with van der Waals surface area (Å²) in [6.45, 7) is 5.60. The number of hydrogen-bond donors (Lipinski definition) is 1. The highest BCUT2D eigenvalue weighted by Crippen LogP contribution is 2.25. The van der Waals surface area contributed by atoms with Crippen LogP contribution in [0.2, 0.25) is 5.02 Å². The Morgan fingerprint density at radius 1 is 1.65 bits per heavy atom. The Balaban J connectivity index is 2.79. The van der Waals surface area contributed by atoms with Crippen molar-refractivity contribution in [2.75, 3.05) is 0 Å². The summed E-state index contributed by atoms with van der Waals surface area (Å²) in [6, 6.07) is 5.26. The molecule has 1 amide bonds. The van der Waals surface area contributed by atoms with Crippen LogP contribution >= 0.6 is 23.8 Å². The predicted octanol–water partition coefficient (Wildman–Crippen LogP) is 3.27. The number of thiocarbonyl (C=S) groups is 1. The van der Waals surface area contributed by atoms with Gasteiger partial charge in [0.05, 0.1) is 15.9 Å². The summed E-state index contributed by atoms with van der Waals surface area (Å²) in [5.74, 6) is -0.181. The number of aliphatic imine (C=N–C) groups is 1. The predicted molar refractivity (Wildman–Crippen MR) is 72.8 cm³/mol. The molecule has 17 heavy (non-hydrogen) atoms.